The molecule has 7 nitrogen and oxygen atoms in total. The van der Waals surface area contributed by atoms with Gasteiger partial charge in [0, 0.05) is 0 Å². The maximum atomic E-state index is 8.82. The predicted octanol–water partition coefficient (Wildman–Crippen LogP) is 1.70. The molecule has 0 spiro atoms. The normalized spacial score (nSPS) is 11.3. The molecule has 7 heteroatoms. The number of hydrogen-bond acceptors (Lipinski definition) is 5. The van der Waals surface area contributed by atoms with Crippen molar-refractivity contribution in [1.29, 1.82) is 10.5 Å². The van der Waals surface area contributed by atoms with E-state index in [4.69, 9.17) is 16.3 Å². The summed E-state index contributed by atoms with van der Waals surface area (Å²) in [4.78, 5) is 0. The Hall–Kier alpha value is -3.97. The van der Waals surface area contributed by atoms with Crippen molar-refractivity contribution in [2.75, 3.05) is 0 Å². The maximum Gasteiger partial charge on any atom is 0.234 e. The molecule has 0 saturated heterocycles. The van der Waals surface area contributed by atoms with Gasteiger partial charge in [-0.1, -0.05) is 24.3 Å². The molecule has 0 unspecified atom stereocenters. The molecule has 2 rings (SSSR count). The lowest BCUT2D eigenvalue weighted by Crippen LogP contribution is -2.26. The average Bonchev–Trinajstić information content (AvgIpc) is 2.62. The van der Waals surface area contributed by atoms with Crippen LogP contribution in [0.25, 0.3) is 0 Å². The van der Waals surface area contributed by atoms with E-state index >= 15 is 0 Å². The first-order valence-corrected chi connectivity index (χ1v) is 6.87. The Balaban J connectivity index is 1.94. The summed E-state index contributed by atoms with van der Waals surface area (Å²) >= 11 is 0. The predicted molar refractivity (Wildman–Crippen MR) is 92.3 cm³/mol. The number of nitrogens with two attached hydrogens (primary N) is 1. The van der Waals surface area contributed by atoms with Crippen molar-refractivity contribution in [3.8, 4) is 12.1 Å². The second-order valence-corrected chi connectivity index (χ2v) is 4.57. The largest absolute Gasteiger partial charge is 0.367 e. The van der Waals surface area contributed by atoms with Crippen molar-refractivity contribution < 1.29 is 0 Å². The molecule has 0 aromatic heterocycles. The molecule has 116 valence electrons. The van der Waals surface area contributed by atoms with Gasteiger partial charge in [-0.05, 0) is 35.4 Å². The Kier molecular flexibility index (Phi) is 5.79. The standard InChI is InChI=1S/C17H13N7/c18-9-13-3-1-5-15(7-13)11-21-23-17(20)24-22-12-16-6-2-4-14(8-16)10-19/h1-8,11-12H,(H3,20,23,24). The fraction of sp³-hybridized carbons (Fsp3) is 0. The number of hydrazone groups is 1. The molecule has 2 aromatic carbocycles. The molecule has 0 amide bonds. The smallest absolute Gasteiger partial charge is 0.234 e. The summed E-state index contributed by atoms with van der Waals surface area (Å²) in [5.41, 5.74) is 10.7. The van der Waals surface area contributed by atoms with Gasteiger partial charge in [0.1, 0.15) is 0 Å². The summed E-state index contributed by atoms with van der Waals surface area (Å²) in [6.45, 7) is 0. The Morgan fingerprint density at radius 2 is 1.54 bits per heavy atom. The Bertz CT molecular complexity index is 882. The quantitative estimate of drug-likeness (QED) is 0.506. The van der Waals surface area contributed by atoms with Crippen LogP contribution in [0.1, 0.15) is 22.3 Å². The van der Waals surface area contributed by atoms with Crippen LogP contribution in [-0.2, 0) is 0 Å². The van der Waals surface area contributed by atoms with Gasteiger partial charge in [0.2, 0.25) is 5.96 Å². The summed E-state index contributed by atoms with van der Waals surface area (Å²) in [7, 11) is 0. The van der Waals surface area contributed by atoms with E-state index in [-0.39, 0.29) is 5.96 Å². The van der Waals surface area contributed by atoms with E-state index in [9.17, 15) is 0 Å². The second kappa shape index (κ2) is 8.47. The molecule has 2 aromatic rings. The molecular formula is C17H13N7. The molecular weight excluding hydrogens is 302 g/mol. The van der Waals surface area contributed by atoms with Gasteiger partial charge < -0.3 is 5.73 Å². The lowest BCUT2D eigenvalue weighted by molar-refractivity contribution is 0.994. The van der Waals surface area contributed by atoms with Gasteiger partial charge in [-0.25, -0.2) is 5.43 Å². The van der Waals surface area contributed by atoms with Crippen LogP contribution in [-0.4, -0.2) is 18.4 Å². The minimum Gasteiger partial charge on any atom is -0.367 e. The first-order valence-electron chi connectivity index (χ1n) is 6.87. The number of nitriles is 2. The SMILES string of the molecule is N#Cc1cccc(C=NN=C(N)NN=Cc2cccc(C#N)c2)c1. The highest BCUT2D eigenvalue weighted by Crippen LogP contribution is 2.02. The number of guanidine groups is 1. The molecule has 0 radical (unpaired) electrons. The molecule has 0 saturated carbocycles. The molecule has 0 bridgehead atoms. The van der Waals surface area contributed by atoms with E-state index < -0.39 is 0 Å². The highest BCUT2D eigenvalue weighted by atomic mass is 15.4. The van der Waals surface area contributed by atoms with Crippen molar-refractivity contribution in [3.05, 3.63) is 70.8 Å². The average molecular weight is 315 g/mol. The Morgan fingerprint density at radius 1 is 0.958 bits per heavy atom. The van der Waals surface area contributed by atoms with Gasteiger partial charge in [-0.2, -0.15) is 20.7 Å². The van der Waals surface area contributed by atoms with E-state index in [2.05, 4.69) is 20.7 Å². The third kappa shape index (κ3) is 5.10. The molecule has 0 fully saturated rings. The summed E-state index contributed by atoms with van der Waals surface area (Å²) in [6.07, 6.45) is 3.00. The van der Waals surface area contributed by atoms with Gasteiger partial charge in [0.15, 0.2) is 0 Å². The van der Waals surface area contributed by atoms with Crippen molar-refractivity contribution in [2.45, 2.75) is 0 Å². The molecule has 0 heterocycles. The molecule has 0 aliphatic carbocycles. The van der Waals surface area contributed by atoms with Crippen molar-refractivity contribution in [2.24, 2.45) is 21.0 Å². The number of nitrogens with one attached hydrogen (secondary N) is 1. The third-order valence-corrected chi connectivity index (χ3v) is 2.80. The number of nitrogens with zero attached hydrogens (tertiary/aromatic N) is 5. The van der Waals surface area contributed by atoms with Gasteiger partial charge >= 0.3 is 0 Å². The van der Waals surface area contributed by atoms with E-state index in [1.54, 1.807) is 48.5 Å². The first kappa shape index (κ1) is 16.4. The van der Waals surface area contributed by atoms with Crippen molar-refractivity contribution in [3.63, 3.8) is 0 Å². The van der Waals surface area contributed by atoms with Crippen molar-refractivity contribution >= 4 is 18.4 Å². The zero-order valence-corrected chi connectivity index (χ0v) is 12.6. The summed E-state index contributed by atoms with van der Waals surface area (Å²) < 4.78 is 0. The fourth-order valence-corrected chi connectivity index (χ4v) is 1.73. The molecule has 0 aliphatic heterocycles. The summed E-state index contributed by atoms with van der Waals surface area (Å²) in [6, 6.07) is 18.0. The lowest BCUT2D eigenvalue weighted by atomic mass is 10.1. The minimum atomic E-state index is 0.00961. The zero-order chi connectivity index (χ0) is 17.2. The Morgan fingerprint density at radius 3 is 2.12 bits per heavy atom. The highest BCUT2D eigenvalue weighted by Gasteiger charge is 1.93. The molecule has 24 heavy (non-hydrogen) atoms. The van der Waals surface area contributed by atoms with Gasteiger partial charge in [-0.3, -0.25) is 0 Å². The monoisotopic (exact) mass is 315 g/mol. The van der Waals surface area contributed by atoms with Gasteiger partial charge in [0.05, 0.1) is 35.7 Å². The minimum absolute atomic E-state index is 0.00961. The van der Waals surface area contributed by atoms with Gasteiger partial charge in [-0.15, -0.1) is 5.10 Å². The molecule has 0 atom stereocenters. The van der Waals surface area contributed by atoms with Crippen LogP contribution in [0.2, 0.25) is 0 Å². The highest BCUT2D eigenvalue weighted by molar-refractivity contribution is 5.84. The van der Waals surface area contributed by atoms with Crippen molar-refractivity contribution in [1.82, 2.24) is 5.43 Å². The fourth-order valence-electron chi connectivity index (χ4n) is 1.73. The van der Waals surface area contributed by atoms with Crippen LogP contribution in [0.3, 0.4) is 0 Å². The lowest BCUT2D eigenvalue weighted by Gasteiger charge is -1.97. The van der Waals surface area contributed by atoms with Gasteiger partial charge in [0.25, 0.3) is 0 Å². The number of benzene rings is 2. The third-order valence-electron chi connectivity index (χ3n) is 2.80. The summed E-state index contributed by atoms with van der Waals surface area (Å²) in [5.74, 6) is 0.00961. The molecule has 0 aliphatic rings. The maximum absolute atomic E-state index is 8.82. The van der Waals surface area contributed by atoms with E-state index in [1.807, 2.05) is 12.1 Å². The molecule has 3 N–H and O–H groups in total. The topological polar surface area (TPSA) is 123 Å². The zero-order valence-electron chi connectivity index (χ0n) is 12.6. The van der Waals surface area contributed by atoms with Crippen LogP contribution in [0, 0.1) is 22.7 Å². The first-order chi connectivity index (χ1) is 11.7. The van der Waals surface area contributed by atoms with E-state index in [0.717, 1.165) is 11.1 Å². The van der Waals surface area contributed by atoms with E-state index in [1.165, 1.54) is 12.4 Å². The number of hydrogen-bond donors (Lipinski definition) is 2. The Labute approximate surface area is 139 Å². The van der Waals surface area contributed by atoms with E-state index in [0.29, 0.717) is 11.1 Å². The number of rotatable bonds is 4. The van der Waals surface area contributed by atoms with Crippen LogP contribution in [0.4, 0.5) is 0 Å². The van der Waals surface area contributed by atoms with Crippen LogP contribution in [0.5, 0.6) is 0 Å². The van der Waals surface area contributed by atoms with Crippen LogP contribution >= 0.6 is 0 Å². The van der Waals surface area contributed by atoms with Crippen LogP contribution < -0.4 is 11.2 Å². The van der Waals surface area contributed by atoms with Crippen LogP contribution in [0.15, 0.2) is 63.8 Å². The second-order valence-electron chi connectivity index (χ2n) is 4.57. The summed E-state index contributed by atoms with van der Waals surface area (Å²) in [5, 5.41) is 29.1.